The lowest BCUT2D eigenvalue weighted by Crippen LogP contribution is -2.42. The number of esters is 1. The van der Waals surface area contributed by atoms with Gasteiger partial charge in [0.15, 0.2) is 5.79 Å². The SMILES string of the molecule is CCCCCC1(C(C)C(=O)OC)OCCO1. The van der Waals surface area contributed by atoms with E-state index in [0.29, 0.717) is 13.2 Å². The van der Waals surface area contributed by atoms with Gasteiger partial charge in [0, 0.05) is 6.42 Å². The fraction of sp³-hybridized carbons (Fsp3) is 0.917. The Morgan fingerprint density at radius 1 is 1.38 bits per heavy atom. The Labute approximate surface area is 97.2 Å². The highest BCUT2D eigenvalue weighted by atomic mass is 16.7. The summed E-state index contributed by atoms with van der Waals surface area (Å²) in [6.45, 7) is 5.08. The molecule has 1 atom stereocenters. The van der Waals surface area contributed by atoms with Crippen LogP contribution in [0.1, 0.15) is 39.5 Å². The van der Waals surface area contributed by atoms with Gasteiger partial charge in [0.05, 0.1) is 20.3 Å². The molecule has 1 saturated heterocycles. The van der Waals surface area contributed by atoms with Crippen LogP contribution in [0.15, 0.2) is 0 Å². The third-order valence-corrected chi connectivity index (χ3v) is 3.12. The predicted octanol–water partition coefficient (Wildman–Crippen LogP) is 2.12. The summed E-state index contributed by atoms with van der Waals surface area (Å²) in [5.41, 5.74) is 0. The molecule has 0 aromatic carbocycles. The van der Waals surface area contributed by atoms with Crippen LogP contribution in [-0.4, -0.2) is 32.1 Å². The van der Waals surface area contributed by atoms with Crippen LogP contribution in [0.5, 0.6) is 0 Å². The third kappa shape index (κ3) is 2.95. The molecule has 0 spiro atoms. The van der Waals surface area contributed by atoms with E-state index in [4.69, 9.17) is 14.2 Å². The van der Waals surface area contributed by atoms with E-state index < -0.39 is 5.79 Å². The van der Waals surface area contributed by atoms with Crippen LogP contribution in [0.4, 0.5) is 0 Å². The standard InChI is InChI=1S/C12H22O4/c1-4-5-6-7-12(15-8-9-16-12)10(2)11(13)14-3/h10H,4-9H2,1-3H3. The third-order valence-electron chi connectivity index (χ3n) is 3.12. The summed E-state index contributed by atoms with van der Waals surface area (Å²) in [6, 6.07) is 0. The number of carbonyl (C=O) groups excluding carboxylic acids is 1. The summed E-state index contributed by atoms with van der Waals surface area (Å²) in [6.07, 6.45) is 4.04. The monoisotopic (exact) mass is 230 g/mol. The van der Waals surface area contributed by atoms with Crippen LogP contribution in [0, 0.1) is 5.92 Å². The minimum absolute atomic E-state index is 0.265. The summed E-state index contributed by atoms with van der Waals surface area (Å²) in [5, 5.41) is 0. The minimum Gasteiger partial charge on any atom is -0.469 e. The van der Waals surface area contributed by atoms with Crippen molar-refractivity contribution < 1.29 is 19.0 Å². The zero-order valence-corrected chi connectivity index (χ0v) is 10.5. The first-order valence-electron chi connectivity index (χ1n) is 6.02. The van der Waals surface area contributed by atoms with E-state index in [1.807, 2.05) is 6.92 Å². The molecule has 1 unspecified atom stereocenters. The zero-order valence-electron chi connectivity index (χ0n) is 10.5. The van der Waals surface area contributed by atoms with Gasteiger partial charge in [-0.3, -0.25) is 4.79 Å². The predicted molar refractivity (Wildman–Crippen MR) is 60.0 cm³/mol. The molecule has 1 heterocycles. The number of methoxy groups -OCH3 is 1. The van der Waals surface area contributed by atoms with Gasteiger partial charge in [0.25, 0.3) is 0 Å². The molecule has 0 amide bonds. The molecule has 0 aliphatic carbocycles. The number of rotatable bonds is 6. The van der Waals surface area contributed by atoms with Crippen molar-refractivity contribution in [2.24, 2.45) is 5.92 Å². The van der Waals surface area contributed by atoms with Crippen molar-refractivity contribution in [1.82, 2.24) is 0 Å². The second-order valence-electron chi connectivity index (χ2n) is 4.21. The van der Waals surface area contributed by atoms with Crippen LogP contribution >= 0.6 is 0 Å². The van der Waals surface area contributed by atoms with E-state index in [2.05, 4.69) is 6.92 Å². The van der Waals surface area contributed by atoms with Gasteiger partial charge >= 0.3 is 5.97 Å². The van der Waals surface area contributed by atoms with Crippen molar-refractivity contribution in [2.45, 2.75) is 45.3 Å². The normalized spacial score (nSPS) is 20.7. The molecule has 1 rings (SSSR count). The van der Waals surface area contributed by atoms with Crippen molar-refractivity contribution in [3.8, 4) is 0 Å². The minimum atomic E-state index is -0.748. The molecule has 1 aliphatic rings. The molecule has 0 aromatic rings. The molecule has 16 heavy (non-hydrogen) atoms. The Bertz CT molecular complexity index is 221. The van der Waals surface area contributed by atoms with E-state index in [1.165, 1.54) is 7.11 Å². The molecule has 0 N–H and O–H groups in total. The fourth-order valence-electron chi connectivity index (χ4n) is 2.06. The molecule has 0 aromatic heterocycles. The molecule has 4 heteroatoms. The summed E-state index contributed by atoms with van der Waals surface area (Å²) >= 11 is 0. The van der Waals surface area contributed by atoms with Gasteiger partial charge < -0.3 is 14.2 Å². The molecule has 0 bridgehead atoms. The Morgan fingerprint density at radius 3 is 2.50 bits per heavy atom. The number of carbonyl (C=O) groups is 1. The van der Waals surface area contributed by atoms with Crippen LogP contribution in [0.2, 0.25) is 0 Å². The average Bonchev–Trinajstić information content (AvgIpc) is 2.77. The molecular formula is C12H22O4. The van der Waals surface area contributed by atoms with Gasteiger partial charge in [-0.25, -0.2) is 0 Å². The Balaban J connectivity index is 2.60. The van der Waals surface area contributed by atoms with Crippen molar-refractivity contribution in [3.63, 3.8) is 0 Å². The molecular weight excluding hydrogens is 208 g/mol. The molecule has 1 aliphatic heterocycles. The smallest absolute Gasteiger partial charge is 0.313 e. The largest absolute Gasteiger partial charge is 0.469 e. The van der Waals surface area contributed by atoms with E-state index in [9.17, 15) is 4.79 Å². The summed E-state index contributed by atoms with van der Waals surface area (Å²) < 4.78 is 16.1. The summed E-state index contributed by atoms with van der Waals surface area (Å²) in [5.74, 6) is -1.38. The molecule has 4 nitrogen and oxygen atoms in total. The second-order valence-corrected chi connectivity index (χ2v) is 4.21. The van der Waals surface area contributed by atoms with Gasteiger partial charge in [0.1, 0.15) is 5.92 Å². The van der Waals surface area contributed by atoms with Crippen LogP contribution < -0.4 is 0 Å². The van der Waals surface area contributed by atoms with Gasteiger partial charge in [-0.05, 0) is 13.3 Å². The number of hydrogen-bond acceptors (Lipinski definition) is 4. The fourth-order valence-corrected chi connectivity index (χ4v) is 2.06. The highest BCUT2D eigenvalue weighted by Crippen LogP contribution is 2.34. The van der Waals surface area contributed by atoms with E-state index in [0.717, 1.165) is 25.7 Å². The maximum atomic E-state index is 11.6. The van der Waals surface area contributed by atoms with Crippen LogP contribution in [0.3, 0.4) is 0 Å². The number of hydrogen-bond donors (Lipinski definition) is 0. The lowest BCUT2D eigenvalue weighted by atomic mass is 9.94. The van der Waals surface area contributed by atoms with Crippen molar-refractivity contribution in [3.05, 3.63) is 0 Å². The van der Waals surface area contributed by atoms with Crippen molar-refractivity contribution in [2.75, 3.05) is 20.3 Å². The Morgan fingerprint density at radius 2 is 2.00 bits per heavy atom. The van der Waals surface area contributed by atoms with Gasteiger partial charge in [-0.2, -0.15) is 0 Å². The molecule has 0 saturated carbocycles. The van der Waals surface area contributed by atoms with Crippen molar-refractivity contribution >= 4 is 5.97 Å². The van der Waals surface area contributed by atoms with Crippen LogP contribution in [0.25, 0.3) is 0 Å². The summed E-state index contributed by atoms with van der Waals surface area (Å²) in [7, 11) is 1.40. The average molecular weight is 230 g/mol. The van der Waals surface area contributed by atoms with E-state index >= 15 is 0 Å². The lowest BCUT2D eigenvalue weighted by Gasteiger charge is -2.31. The highest BCUT2D eigenvalue weighted by Gasteiger charge is 2.45. The van der Waals surface area contributed by atoms with E-state index in [1.54, 1.807) is 0 Å². The zero-order chi connectivity index (χ0) is 12.0. The van der Waals surface area contributed by atoms with Gasteiger partial charge in [0.2, 0.25) is 0 Å². The number of unbranched alkanes of at least 4 members (excludes halogenated alkanes) is 2. The quantitative estimate of drug-likeness (QED) is 0.518. The van der Waals surface area contributed by atoms with Gasteiger partial charge in [-0.1, -0.05) is 19.8 Å². The Hall–Kier alpha value is -0.610. The van der Waals surface area contributed by atoms with E-state index in [-0.39, 0.29) is 11.9 Å². The number of ether oxygens (including phenoxy) is 3. The van der Waals surface area contributed by atoms with Gasteiger partial charge in [-0.15, -0.1) is 0 Å². The first kappa shape index (κ1) is 13.5. The maximum Gasteiger partial charge on any atom is 0.313 e. The first-order valence-corrected chi connectivity index (χ1v) is 6.02. The molecule has 0 radical (unpaired) electrons. The van der Waals surface area contributed by atoms with Crippen LogP contribution in [-0.2, 0) is 19.0 Å². The maximum absolute atomic E-state index is 11.6. The topological polar surface area (TPSA) is 44.8 Å². The summed E-state index contributed by atoms with van der Waals surface area (Å²) in [4.78, 5) is 11.6. The second kappa shape index (κ2) is 6.21. The Kier molecular flexibility index (Phi) is 5.22. The molecule has 94 valence electrons. The van der Waals surface area contributed by atoms with Crippen molar-refractivity contribution in [1.29, 1.82) is 0 Å². The lowest BCUT2D eigenvalue weighted by molar-refractivity contribution is -0.208. The highest BCUT2D eigenvalue weighted by molar-refractivity contribution is 5.73. The molecule has 1 fully saturated rings. The first-order chi connectivity index (χ1) is 7.66.